The highest BCUT2D eigenvalue weighted by Gasteiger charge is 2.51. The molecule has 0 saturated heterocycles. The van der Waals surface area contributed by atoms with E-state index in [1.807, 2.05) is 31.2 Å². The molecule has 0 spiro atoms. The van der Waals surface area contributed by atoms with Crippen molar-refractivity contribution in [3.8, 4) is 11.4 Å². The summed E-state index contributed by atoms with van der Waals surface area (Å²) in [5.41, 5.74) is 0.870. The third-order valence-corrected chi connectivity index (χ3v) is 7.87. The Hall–Kier alpha value is -2.09. The maximum atomic E-state index is 13.1. The number of benzene rings is 1. The lowest BCUT2D eigenvalue weighted by molar-refractivity contribution is -0.126. The third-order valence-electron chi connectivity index (χ3n) is 6.84. The van der Waals surface area contributed by atoms with Crippen LogP contribution in [0.15, 0.2) is 29.4 Å². The highest BCUT2D eigenvalue weighted by atomic mass is 32.2. The number of hydrogen-bond donors (Lipinski definition) is 1. The van der Waals surface area contributed by atoms with Gasteiger partial charge >= 0.3 is 0 Å². The molecule has 4 aliphatic carbocycles. The van der Waals surface area contributed by atoms with Gasteiger partial charge in [0.05, 0.1) is 18.0 Å². The summed E-state index contributed by atoms with van der Waals surface area (Å²) in [5.74, 6) is 3.31. The van der Waals surface area contributed by atoms with Crippen molar-refractivity contribution in [2.24, 2.45) is 17.8 Å². The van der Waals surface area contributed by atoms with Crippen LogP contribution in [0.1, 0.15) is 45.4 Å². The van der Waals surface area contributed by atoms with Crippen molar-refractivity contribution < 1.29 is 9.53 Å². The Bertz CT molecular complexity index is 861. The molecule has 1 atom stereocenters. The zero-order valence-corrected chi connectivity index (χ0v) is 17.7. The van der Waals surface area contributed by atoms with Gasteiger partial charge in [-0.1, -0.05) is 11.8 Å². The lowest BCUT2D eigenvalue weighted by Gasteiger charge is -2.57. The molecule has 6 rings (SSSR count). The molecule has 4 fully saturated rings. The van der Waals surface area contributed by atoms with Gasteiger partial charge in [0.25, 0.3) is 0 Å². The van der Waals surface area contributed by atoms with E-state index in [2.05, 4.69) is 20.8 Å². The summed E-state index contributed by atoms with van der Waals surface area (Å²) in [7, 11) is 1.64. The normalized spacial score (nSPS) is 30.9. The van der Waals surface area contributed by atoms with Crippen molar-refractivity contribution in [1.29, 1.82) is 0 Å². The molecule has 1 heterocycles. The monoisotopic (exact) mass is 413 g/mol. The molecule has 1 amide bonds. The molecule has 4 aliphatic rings. The van der Waals surface area contributed by atoms with Gasteiger partial charge < -0.3 is 10.1 Å². The van der Waals surface area contributed by atoms with Crippen LogP contribution in [-0.4, -0.2) is 44.0 Å². The van der Waals surface area contributed by atoms with Crippen molar-refractivity contribution >= 4 is 17.7 Å². The number of methoxy groups -OCH3 is 1. The molecular weight excluding hydrogens is 386 g/mol. The van der Waals surface area contributed by atoms with Crippen molar-refractivity contribution in [3.63, 3.8) is 0 Å². The number of ether oxygens (including phenoxy) is 1. The minimum Gasteiger partial charge on any atom is -0.497 e. The van der Waals surface area contributed by atoms with Crippen molar-refractivity contribution in [2.45, 2.75) is 61.4 Å². The fraction of sp³-hybridized carbons (Fsp3) is 0.619. The lowest BCUT2D eigenvalue weighted by Crippen LogP contribution is -2.60. The first-order chi connectivity index (χ1) is 14.0. The van der Waals surface area contributed by atoms with Crippen LogP contribution in [0, 0.1) is 17.8 Å². The number of hydrogen-bond acceptors (Lipinski definition) is 6. The van der Waals surface area contributed by atoms with Crippen LogP contribution in [0.5, 0.6) is 5.75 Å². The first-order valence-corrected chi connectivity index (χ1v) is 11.3. The fourth-order valence-corrected chi connectivity index (χ4v) is 6.78. The molecule has 1 N–H and O–H groups in total. The molecule has 7 nitrogen and oxygen atoms in total. The highest BCUT2D eigenvalue weighted by Crippen LogP contribution is 2.55. The summed E-state index contributed by atoms with van der Waals surface area (Å²) in [6, 6.07) is 7.54. The SMILES string of the molecule is COc1ccc(-n2nnnc2S[C@H](C)C(=O)NC23CC4CC(CC(C4)C2)C3)cc1. The van der Waals surface area contributed by atoms with Crippen LogP contribution >= 0.6 is 11.8 Å². The largest absolute Gasteiger partial charge is 0.497 e. The number of carbonyl (C=O) groups excluding carboxylic acids is 1. The van der Waals surface area contributed by atoms with E-state index in [-0.39, 0.29) is 16.7 Å². The molecular formula is C21H27N5O2S. The minimum absolute atomic E-state index is 0.0303. The number of amides is 1. The van der Waals surface area contributed by atoms with E-state index in [1.165, 1.54) is 31.0 Å². The molecule has 29 heavy (non-hydrogen) atoms. The quantitative estimate of drug-likeness (QED) is 0.732. The Morgan fingerprint density at radius 3 is 2.38 bits per heavy atom. The summed E-state index contributed by atoms with van der Waals surface area (Å²) >= 11 is 1.40. The van der Waals surface area contributed by atoms with E-state index in [0.29, 0.717) is 5.16 Å². The Balaban J connectivity index is 1.27. The summed E-state index contributed by atoms with van der Waals surface area (Å²) in [6.07, 6.45) is 7.59. The van der Waals surface area contributed by atoms with Crippen LogP contribution in [0.4, 0.5) is 0 Å². The van der Waals surface area contributed by atoms with Crippen LogP contribution in [0.2, 0.25) is 0 Å². The second-order valence-corrected chi connectivity index (χ2v) is 10.3. The van der Waals surface area contributed by atoms with Crippen LogP contribution in [0.3, 0.4) is 0 Å². The van der Waals surface area contributed by atoms with Gasteiger partial charge in [-0.25, -0.2) is 0 Å². The van der Waals surface area contributed by atoms with E-state index < -0.39 is 0 Å². The van der Waals surface area contributed by atoms with Gasteiger partial charge in [-0.15, -0.1) is 5.10 Å². The van der Waals surface area contributed by atoms with E-state index in [1.54, 1.807) is 11.8 Å². The average molecular weight is 414 g/mol. The standard InChI is InChI=1S/C21H27N5O2S/c1-13(19(27)22-21-10-14-7-15(11-21)9-16(8-14)12-21)29-20-23-24-25-26(20)17-3-5-18(28-2)6-4-17/h3-6,13-16H,7-12H2,1-2H3,(H,22,27)/t13-,14?,15?,16?,21?/m1/s1. The predicted molar refractivity (Wildman–Crippen MR) is 110 cm³/mol. The van der Waals surface area contributed by atoms with Gasteiger partial charge in [0, 0.05) is 5.54 Å². The molecule has 4 saturated carbocycles. The molecule has 1 aromatic heterocycles. The van der Waals surface area contributed by atoms with Gasteiger partial charge in [0.2, 0.25) is 11.1 Å². The molecule has 0 aliphatic heterocycles. The number of thioether (sulfide) groups is 1. The summed E-state index contributed by atoms with van der Waals surface area (Å²) in [4.78, 5) is 13.1. The van der Waals surface area contributed by atoms with Gasteiger partial charge in [-0.05, 0) is 97.9 Å². The van der Waals surface area contributed by atoms with Crippen LogP contribution < -0.4 is 10.1 Å². The third kappa shape index (κ3) is 3.63. The maximum Gasteiger partial charge on any atom is 0.233 e. The number of rotatable bonds is 6. The molecule has 0 radical (unpaired) electrons. The molecule has 154 valence electrons. The Morgan fingerprint density at radius 1 is 1.17 bits per heavy atom. The summed E-state index contributed by atoms with van der Waals surface area (Å²) < 4.78 is 6.87. The number of tetrazole rings is 1. The average Bonchev–Trinajstić information content (AvgIpc) is 3.14. The zero-order valence-electron chi connectivity index (χ0n) is 16.9. The highest BCUT2D eigenvalue weighted by molar-refractivity contribution is 8.00. The van der Waals surface area contributed by atoms with E-state index >= 15 is 0 Å². The molecule has 1 aromatic carbocycles. The maximum absolute atomic E-state index is 13.1. The molecule has 4 bridgehead atoms. The first kappa shape index (κ1) is 18.9. The summed E-state index contributed by atoms with van der Waals surface area (Å²) in [6.45, 7) is 1.94. The van der Waals surface area contributed by atoms with Crippen LogP contribution in [0.25, 0.3) is 5.69 Å². The van der Waals surface area contributed by atoms with Gasteiger partial charge in [0.15, 0.2) is 0 Å². The summed E-state index contributed by atoms with van der Waals surface area (Å²) in [5, 5.41) is 15.9. The van der Waals surface area contributed by atoms with Crippen LogP contribution in [-0.2, 0) is 4.79 Å². The topological polar surface area (TPSA) is 81.9 Å². The molecule has 0 unspecified atom stereocenters. The van der Waals surface area contributed by atoms with E-state index in [9.17, 15) is 4.79 Å². The first-order valence-electron chi connectivity index (χ1n) is 10.4. The molecule has 2 aromatic rings. The number of nitrogens with zero attached hydrogens (tertiary/aromatic N) is 4. The van der Waals surface area contributed by atoms with E-state index in [0.717, 1.165) is 48.5 Å². The number of nitrogens with one attached hydrogen (secondary N) is 1. The Kier molecular flexibility index (Phi) is 4.76. The minimum atomic E-state index is -0.258. The zero-order chi connectivity index (χ0) is 20.0. The van der Waals surface area contributed by atoms with Gasteiger partial charge in [-0.3, -0.25) is 4.79 Å². The Morgan fingerprint density at radius 2 is 1.79 bits per heavy atom. The second-order valence-electron chi connectivity index (χ2n) is 9.02. The van der Waals surface area contributed by atoms with Crippen molar-refractivity contribution in [1.82, 2.24) is 25.5 Å². The smallest absolute Gasteiger partial charge is 0.233 e. The van der Waals surface area contributed by atoms with E-state index in [4.69, 9.17) is 4.74 Å². The van der Waals surface area contributed by atoms with Crippen molar-refractivity contribution in [3.05, 3.63) is 24.3 Å². The van der Waals surface area contributed by atoms with Gasteiger partial charge in [0.1, 0.15) is 5.75 Å². The lowest BCUT2D eigenvalue weighted by atomic mass is 9.53. The van der Waals surface area contributed by atoms with Crippen molar-refractivity contribution in [2.75, 3.05) is 7.11 Å². The second kappa shape index (κ2) is 7.31. The predicted octanol–water partition coefficient (Wildman–Crippen LogP) is 3.24. The fourth-order valence-electron chi connectivity index (χ4n) is 5.98. The number of aromatic nitrogens is 4. The Labute approximate surface area is 175 Å². The van der Waals surface area contributed by atoms with Gasteiger partial charge in [-0.2, -0.15) is 4.68 Å². The number of carbonyl (C=O) groups is 1. The molecule has 8 heteroatoms.